The number of hydrogen-bond acceptors (Lipinski definition) is 1. The van der Waals surface area contributed by atoms with Crippen LogP contribution in [0.4, 0.5) is 0 Å². The topological polar surface area (TPSA) is 17.1 Å². The zero-order chi connectivity index (χ0) is 15.5. The summed E-state index contributed by atoms with van der Waals surface area (Å²) in [5.74, 6) is 3.38. The van der Waals surface area contributed by atoms with Gasteiger partial charge in [-0.1, -0.05) is 24.6 Å². The lowest BCUT2D eigenvalue weighted by molar-refractivity contribution is -0.110. The third-order valence-corrected chi connectivity index (χ3v) is 7.99. The summed E-state index contributed by atoms with van der Waals surface area (Å²) in [6.45, 7) is 8.83. The van der Waals surface area contributed by atoms with Crippen molar-refractivity contribution in [2.75, 3.05) is 0 Å². The Morgan fingerprint density at radius 2 is 2.00 bits per heavy atom. The number of ketones is 1. The third-order valence-electron chi connectivity index (χ3n) is 7.99. The lowest BCUT2D eigenvalue weighted by atomic mass is 9.55. The number of carbonyl (C=O) groups excluding carboxylic acids is 1. The minimum Gasteiger partial charge on any atom is -0.290 e. The molecule has 4 aliphatic rings. The molecule has 3 fully saturated rings. The fraction of sp³-hybridized carbons (Fsp3) is 0.667. The van der Waals surface area contributed by atoms with Gasteiger partial charge in [0.2, 0.25) is 0 Å². The largest absolute Gasteiger partial charge is 0.290 e. The molecular weight excluding hydrogens is 268 g/mol. The van der Waals surface area contributed by atoms with Crippen molar-refractivity contribution in [1.82, 2.24) is 0 Å². The maximum atomic E-state index is 11.7. The second-order valence-corrected chi connectivity index (χ2v) is 8.48. The Kier molecular flexibility index (Phi) is 3.09. The van der Waals surface area contributed by atoms with Crippen molar-refractivity contribution in [3.8, 4) is 0 Å². The molecule has 0 saturated heterocycles. The van der Waals surface area contributed by atoms with E-state index in [2.05, 4.69) is 32.6 Å². The summed E-state index contributed by atoms with van der Waals surface area (Å²) in [5, 5.41) is 0. The quantitative estimate of drug-likeness (QED) is 0.615. The number of rotatable bonds is 1. The second-order valence-electron chi connectivity index (χ2n) is 8.48. The van der Waals surface area contributed by atoms with Crippen molar-refractivity contribution in [2.24, 2.45) is 34.5 Å². The molecule has 0 N–H and O–H groups in total. The molecule has 0 bridgehead atoms. The predicted molar refractivity (Wildman–Crippen MR) is 90.3 cm³/mol. The van der Waals surface area contributed by atoms with Gasteiger partial charge in [0, 0.05) is 5.41 Å². The van der Waals surface area contributed by atoms with E-state index in [0.717, 1.165) is 23.7 Å². The van der Waals surface area contributed by atoms with Crippen molar-refractivity contribution in [1.29, 1.82) is 0 Å². The minimum absolute atomic E-state index is 0.180. The monoisotopic (exact) mass is 296 g/mol. The molecule has 6 unspecified atom stereocenters. The van der Waals surface area contributed by atoms with Crippen LogP contribution in [0.3, 0.4) is 0 Å². The maximum Gasteiger partial charge on any atom is 0.178 e. The molecular formula is C21H28O. The van der Waals surface area contributed by atoms with Crippen LogP contribution in [0.2, 0.25) is 0 Å². The SMILES string of the molecule is C=CC1CCC2C3CCC4(C=CC(=O)C=C4C)C3CCC12C. The molecule has 4 rings (SSSR count). The van der Waals surface area contributed by atoms with Gasteiger partial charge < -0.3 is 0 Å². The molecule has 0 radical (unpaired) electrons. The van der Waals surface area contributed by atoms with Crippen molar-refractivity contribution in [3.05, 3.63) is 36.5 Å². The van der Waals surface area contributed by atoms with Crippen LogP contribution in [0.1, 0.15) is 52.4 Å². The smallest absolute Gasteiger partial charge is 0.178 e. The molecule has 0 aromatic rings. The molecule has 1 spiro atoms. The fourth-order valence-corrected chi connectivity index (χ4v) is 6.80. The van der Waals surface area contributed by atoms with E-state index in [-0.39, 0.29) is 11.2 Å². The van der Waals surface area contributed by atoms with Crippen LogP contribution in [-0.4, -0.2) is 5.78 Å². The zero-order valence-electron chi connectivity index (χ0n) is 14.0. The van der Waals surface area contributed by atoms with Gasteiger partial charge in [0.25, 0.3) is 0 Å². The Labute approximate surface area is 134 Å². The molecule has 0 aromatic carbocycles. The number of carbonyl (C=O) groups is 1. The van der Waals surface area contributed by atoms with E-state index in [1.165, 1.54) is 44.1 Å². The van der Waals surface area contributed by atoms with Gasteiger partial charge in [-0.05, 0) is 86.7 Å². The Balaban J connectivity index is 1.68. The van der Waals surface area contributed by atoms with Crippen LogP contribution in [0.5, 0.6) is 0 Å². The van der Waals surface area contributed by atoms with Crippen molar-refractivity contribution >= 4 is 5.78 Å². The molecule has 22 heavy (non-hydrogen) atoms. The van der Waals surface area contributed by atoms with Gasteiger partial charge in [0.15, 0.2) is 5.78 Å². The Hall–Kier alpha value is -1.11. The van der Waals surface area contributed by atoms with E-state index in [0.29, 0.717) is 5.41 Å². The van der Waals surface area contributed by atoms with Crippen molar-refractivity contribution < 1.29 is 4.79 Å². The van der Waals surface area contributed by atoms with Crippen LogP contribution >= 0.6 is 0 Å². The van der Waals surface area contributed by atoms with Crippen LogP contribution in [0, 0.1) is 34.5 Å². The van der Waals surface area contributed by atoms with E-state index in [4.69, 9.17) is 0 Å². The van der Waals surface area contributed by atoms with E-state index < -0.39 is 0 Å². The van der Waals surface area contributed by atoms with Crippen molar-refractivity contribution in [2.45, 2.75) is 52.4 Å². The van der Waals surface area contributed by atoms with Gasteiger partial charge in [-0.2, -0.15) is 0 Å². The summed E-state index contributed by atoms with van der Waals surface area (Å²) in [7, 11) is 0. The summed E-state index contributed by atoms with van der Waals surface area (Å²) in [6.07, 6.45) is 16.2. The molecule has 0 aliphatic heterocycles. The Bertz CT molecular complexity index is 583. The maximum absolute atomic E-state index is 11.7. The third kappa shape index (κ3) is 1.69. The van der Waals surface area contributed by atoms with Gasteiger partial charge in [-0.25, -0.2) is 0 Å². The van der Waals surface area contributed by atoms with Gasteiger partial charge in [-0.15, -0.1) is 6.58 Å². The van der Waals surface area contributed by atoms with Crippen LogP contribution in [0.15, 0.2) is 36.5 Å². The first-order valence-electron chi connectivity index (χ1n) is 9.06. The van der Waals surface area contributed by atoms with Gasteiger partial charge >= 0.3 is 0 Å². The second kappa shape index (κ2) is 4.69. The highest BCUT2D eigenvalue weighted by Crippen LogP contribution is 2.67. The average Bonchev–Trinajstić information content (AvgIpc) is 3.02. The summed E-state index contributed by atoms with van der Waals surface area (Å²) in [6, 6.07) is 0. The normalized spacial score (nSPS) is 49.9. The predicted octanol–water partition coefficient (Wildman–Crippen LogP) is 5.10. The molecule has 0 aromatic heterocycles. The minimum atomic E-state index is 0.180. The molecule has 0 amide bonds. The van der Waals surface area contributed by atoms with Gasteiger partial charge in [0.05, 0.1) is 0 Å². The lowest BCUT2D eigenvalue weighted by Gasteiger charge is -2.50. The van der Waals surface area contributed by atoms with E-state index >= 15 is 0 Å². The summed E-state index contributed by atoms with van der Waals surface area (Å²) < 4.78 is 0. The summed E-state index contributed by atoms with van der Waals surface area (Å²) in [4.78, 5) is 11.7. The Morgan fingerprint density at radius 1 is 1.18 bits per heavy atom. The van der Waals surface area contributed by atoms with Crippen molar-refractivity contribution in [3.63, 3.8) is 0 Å². The zero-order valence-corrected chi connectivity index (χ0v) is 14.0. The fourth-order valence-electron chi connectivity index (χ4n) is 6.80. The first-order chi connectivity index (χ1) is 10.5. The van der Waals surface area contributed by atoms with E-state index in [9.17, 15) is 4.79 Å². The highest BCUT2D eigenvalue weighted by atomic mass is 16.1. The first-order valence-corrected chi connectivity index (χ1v) is 9.06. The van der Waals surface area contributed by atoms with E-state index in [1.807, 2.05) is 12.2 Å². The highest BCUT2D eigenvalue weighted by Gasteiger charge is 2.59. The molecule has 1 nitrogen and oxygen atoms in total. The number of allylic oxidation sites excluding steroid dienone is 5. The molecule has 6 atom stereocenters. The summed E-state index contributed by atoms with van der Waals surface area (Å²) in [5.41, 5.74) is 2.02. The van der Waals surface area contributed by atoms with Gasteiger partial charge in [-0.3, -0.25) is 4.79 Å². The first kappa shape index (κ1) is 14.5. The molecule has 4 aliphatic carbocycles. The standard InChI is InChI=1S/C21H28O/c1-4-15-5-6-18-17-8-12-21(11-7-16(22)13-14(21)2)19(17)9-10-20(15,18)3/h4,7,11,13,15,17-19H,1,5-6,8-10,12H2,2-3H3. The molecule has 3 saturated carbocycles. The van der Waals surface area contributed by atoms with Crippen LogP contribution in [0.25, 0.3) is 0 Å². The average molecular weight is 296 g/mol. The van der Waals surface area contributed by atoms with Gasteiger partial charge in [0.1, 0.15) is 0 Å². The highest BCUT2D eigenvalue weighted by molar-refractivity contribution is 6.01. The summed E-state index contributed by atoms with van der Waals surface area (Å²) >= 11 is 0. The Morgan fingerprint density at radius 3 is 2.73 bits per heavy atom. The number of hydrogen-bond donors (Lipinski definition) is 0. The molecule has 0 heterocycles. The molecule has 1 heteroatoms. The number of fused-ring (bicyclic) bond motifs is 4. The van der Waals surface area contributed by atoms with E-state index in [1.54, 1.807) is 0 Å². The van der Waals surface area contributed by atoms with Crippen LogP contribution < -0.4 is 0 Å². The molecule has 118 valence electrons. The van der Waals surface area contributed by atoms with Crippen LogP contribution in [-0.2, 0) is 4.79 Å². The lowest BCUT2D eigenvalue weighted by Crippen LogP contribution is -2.43.